The SMILES string of the molecule is CC(C)[C@H](N)C(=O)NCc1ccccc1.Cl. The van der Waals surface area contributed by atoms with E-state index >= 15 is 0 Å². The Morgan fingerprint density at radius 3 is 2.38 bits per heavy atom. The molecule has 0 aromatic heterocycles. The van der Waals surface area contributed by atoms with E-state index in [1.165, 1.54) is 0 Å². The molecule has 1 aromatic carbocycles. The van der Waals surface area contributed by atoms with Gasteiger partial charge in [0.05, 0.1) is 6.04 Å². The van der Waals surface area contributed by atoms with Crippen LogP contribution < -0.4 is 11.1 Å². The van der Waals surface area contributed by atoms with Crippen molar-refractivity contribution in [1.29, 1.82) is 0 Å². The van der Waals surface area contributed by atoms with E-state index in [0.29, 0.717) is 6.54 Å². The molecular formula is C12H19ClN2O. The second-order valence-electron chi connectivity index (χ2n) is 3.97. The molecule has 1 atom stereocenters. The molecule has 3 nitrogen and oxygen atoms in total. The summed E-state index contributed by atoms with van der Waals surface area (Å²) in [7, 11) is 0. The number of carbonyl (C=O) groups excluding carboxylic acids is 1. The molecule has 3 N–H and O–H groups in total. The van der Waals surface area contributed by atoms with Gasteiger partial charge in [-0.2, -0.15) is 0 Å². The molecule has 0 saturated carbocycles. The number of benzene rings is 1. The van der Waals surface area contributed by atoms with Crippen LogP contribution >= 0.6 is 12.4 Å². The number of carbonyl (C=O) groups is 1. The molecule has 16 heavy (non-hydrogen) atoms. The summed E-state index contributed by atoms with van der Waals surface area (Å²) in [6, 6.07) is 9.37. The van der Waals surface area contributed by atoms with Crippen LogP contribution in [0, 0.1) is 5.92 Å². The third-order valence-corrected chi connectivity index (χ3v) is 2.33. The van der Waals surface area contributed by atoms with Crippen molar-refractivity contribution in [3.8, 4) is 0 Å². The summed E-state index contributed by atoms with van der Waals surface area (Å²) in [6.45, 7) is 4.42. The fraction of sp³-hybridized carbons (Fsp3) is 0.417. The van der Waals surface area contributed by atoms with Gasteiger partial charge in [-0.05, 0) is 11.5 Å². The summed E-state index contributed by atoms with van der Waals surface area (Å²) in [4.78, 5) is 11.5. The molecule has 0 saturated heterocycles. The molecular weight excluding hydrogens is 224 g/mol. The van der Waals surface area contributed by atoms with E-state index in [9.17, 15) is 4.79 Å². The van der Waals surface area contributed by atoms with Crippen molar-refractivity contribution in [1.82, 2.24) is 5.32 Å². The Morgan fingerprint density at radius 1 is 1.31 bits per heavy atom. The second-order valence-corrected chi connectivity index (χ2v) is 3.97. The zero-order valence-electron chi connectivity index (χ0n) is 9.64. The highest BCUT2D eigenvalue weighted by molar-refractivity contribution is 5.85. The third kappa shape index (κ3) is 4.64. The van der Waals surface area contributed by atoms with Gasteiger partial charge in [0.2, 0.25) is 5.91 Å². The molecule has 0 fully saturated rings. The van der Waals surface area contributed by atoms with Crippen LogP contribution in [0.4, 0.5) is 0 Å². The normalized spacial score (nSPS) is 11.8. The summed E-state index contributed by atoms with van der Waals surface area (Å²) in [5.41, 5.74) is 6.80. The Hall–Kier alpha value is -1.06. The number of hydrogen-bond acceptors (Lipinski definition) is 2. The lowest BCUT2D eigenvalue weighted by Gasteiger charge is -2.15. The molecule has 1 aromatic rings. The first-order chi connectivity index (χ1) is 7.11. The molecule has 0 heterocycles. The summed E-state index contributed by atoms with van der Waals surface area (Å²) in [6.07, 6.45) is 0. The topological polar surface area (TPSA) is 55.1 Å². The molecule has 0 aliphatic rings. The van der Waals surface area contributed by atoms with Crippen molar-refractivity contribution in [3.63, 3.8) is 0 Å². The minimum absolute atomic E-state index is 0. The van der Waals surface area contributed by atoms with E-state index in [-0.39, 0.29) is 24.2 Å². The van der Waals surface area contributed by atoms with Crippen LogP contribution in [0.3, 0.4) is 0 Å². The van der Waals surface area contributed by atoms with Gasteiger partial charge in [-0.25, -0.2) is 0 Å². The van der Waals surface area contributed by atoms with Crippen LogP contribution in [-0.4, -0.2) is 11.9 Å². The summed E-state index contributed by atoms with van der Waals surface area (Å²) >= 11 is 0. The van der Waals surface area contributed by atoms with E-state index in [1.54, 1.807) is 0 Å². The standard InChI is InChI=1S/C12H18N2O.ClH/c1-9(2)11(13)12(15)14-8-10-6-4-3-5-7-10;/h3-7,9,11H,8,13H2,1-2H3,(H,14,15);1H/t11-;/m0./s1. The third-order valence-electron chi connectivity index (χ3n) is 2.33. The van der Waals surface area contributed by atoms with Crippen LogP contribution in [0.1, 0.15) is 19.4 Å². The van der Waals surface area contributed by atoms with Crippen LogP contribution in [0.25, 0.3) is 0 Å². The smallest absolute Gasteiger partial charge is 0.237 e. The van der Waals surface area contributed by atoms with Crippen molar-refractivity contribution < 1.29 is 4.79 Å². The molecule has 90 valence electrons. The zero-order valence-corrected chi connectivity index (χ0v) is 10.5. The fourth-order valence-corrected chi connectivity index (χ4v) is 1.21. The number of nitrogens with one attached hydrogen (secondary N) is 1. The Kier molecular flexibility index (Phi) is 6.77. The lowest BCUT2D eigenvalue weighted by Crippen LogP contribution is -2.43. The number of amides is 1. The largest absolute Gasteiger partial charge is 0.351 e. The predicted octanol–water partition coefficient (Wildman–Crippen LogP) is 1.71. The average molecular weight is 243 g/mol. The van der Waals surface area contributed by atoms with Gasteiger partial charge in [0.25, 0.3) is 0 Å². The van der Waals surface area contributed by atoms with Crippen molar-refractivity contribution in [3.05, 3.63) is 35.9 Å². The molecule has 0 aliphatic carbocycles. The highest BCUT2D eigenvalue weighted by Gasteiger charge is 2.16. The second kappa shape index (κ2) is 7.25. The molecule has 1 amide bonds. The number of hydrogen-bond donors (Lipinski definition) is 2. The Labute approximate surface area is 103 Å². The molecule has 1 rings (SSSR count). The Bertz CT molecular complexity index is 314. The Balaban J connectivity index is 0.00000225. The summed E-state index contributed by atoms with van der Waals surface area (Å²) in [5, 5.41) is 2.82. The van der Waals surface area contributed by atoms with Gasteiger partial charge in [-0.1, -0.05) is 44.2 Å². The van der Waals surface area contributed by atoms with Crippen LogP contribution in [0.2, 0.25) is 0 Å². The van der Waals surface area contributed by atoms with Gasteiger partial charge in [0.15, 0.2) is 0 Å². The number of nitrogens with two attached hydrogens (primary N) is 1. The van der Waals surface area contributed by atoms with Gasteiger partial charge < -0.3 is 11.1 Å². The van der Waals surface area contributed by atoms with Gasteiger partial charge in [0, 0.05) is 6.54 Å². The quantitative estimate of drug-likeness (QED) is 0.845. The zero-order chi connectivity index (χ0) is 11.3. The van der Waals surface area contributed by atoms with Crippen molar-refractivity contribution in [2.45, 2.75) is 26.4 Å². The first kappa shape index (κ1) is 14.9. The highest BCUT2D eigenvalue weighted by atomic mass is 35.5. The lowest BCUT2D eigenvalue weighted by atomic mass is 10.0. The van der Waals surface area contributed by atoms with Crippen LogP contribution in [0.15, 0.2) is 30.3 Å². The fourth-order valence-electron chi connectivity index (χ4n) is 1.21. The van der Waals surface area contributed by atoms with Gasteiger partial charge in [0.1, 0.15) is 0 Å². The molecule has 0 spiro atoms. The Morgan fingerprint density at radius 2 is 1.88 bits per heavy atom. The molecule has 0 bridgehead atoms. The lowest BCUT2D eigenvalue weighted by molar-refractivity contribution is -0.123. The summed E-state index contributed by atoms with van der Waals surface area (Å²) in [5.74, 6) is 0.0784. The van der Waals surface area contributed by atoms with Gasteiger partial charge >= 0.3 is 0 Å². The predicted molar refractivity (Wildman–Crippen MR) is 68.4 cm³/mol. The van der Waals surface area contributed by atoms with Crippen LogP contribution in [0.5, 0.6) is 0 Å². The van der Waals surface area contributed by atoms with Gasteiger partial charge in [-0.3, -0.25) is 4.79 Å². The monoisotopic (exact) mass is 242 g/mol. The minimum atomic E-state index is -0.422. The first-order valence-electron chi connectivity index (χ1n) is 5.18. The molecule has 0 aliphatic heterocycles. The van der Waals surface area contributed by atoms with Crippen molar-refractivity contribution in [2.75, 3.05) is 0 Å². The van der Waals surface area contributed by atoms with Crippen molar-refractivity contribution >= 4 is 18.3 Å². The maximum absolute atomic E-state index is 11.5. The number of rotatable bonds is 4. The maximum Gasteiger partial charge on any atom is 0.237 e. The average Bonchev–Trinajstić information content (AvgIpc) is 2.26. The summed E-state index contributed by atoms with van der Waals surface area (Å²) < 4.78 is 0. The van der Waals surface area contributed by atoms with Crippen LogP contribution in [-0.2, 0) is 11.3 Å². The maximum atomic E-state index is 11.5. The minimum Gasteiger partial charge on any atom is -0.351 e. The molecule has 4 heteroatoms. The number of halogens is 1. The molecule has 0 unspecified atom stereocenters. The van der Waals surface area contributed by atoms with E-state index < -0.39 is 6.04 Å². The van der Waals surface area contributed by atoms with E-state index in [0.717, 1.165) is 5.56 Å². The van der Waals surface area contributed by atoms with Gasteiger partial charge in [-0.15, -0.1) is 12.4 Å². The van der Waals surface area contributed by atoms with E-state index in [1.807, 2.05) is 44.2 Å². The molecule has 0 radical (unpaired) electrons. The first-order valence-corrected chi connectivity index (χ1v) is 5.18. The van der Waals surface area contributed by atoms with E-state index in [2.05, 4.69) is 5.32 Å². The van der Waals surface area contributed by atoms with Crippen molar-refractivity contribution in [2.24, 2.45) is 11.7 Å². The highest BCUT2D eigenvalue weighted by Crippen LogP contribution is 2.00. The van der Waals surface area contributed by atoms with E-state index in [4.69, 9.17) is 5.73 Å².